The molecule has 0 aromatic heterocycles. The molecule has 2 nitrogen and oxygen atoms in total. The van der Waals surface area contributed by atoms with Crippen LogP contribution in [0, 0.1) is 6.92 Å². The van der Waals surface area contributed by atoms with Crippen molar-refractivity contribution in [1.29, 1.82) is 0 Å². The van der Waals surface area contributed by atoms with Crippen molar-refractivity contribution in [3.63, 3.8) is 0 Å². The van der Waals surface area contributed by atoms with Crippen LogP contribution < -0.4 is 10.1 Å². The summed E-state index contributed by atoms with van der Waals surface area (Å²) in [5.74, 6) is 1.34. The standard InChI is InChI=1S/C25H29NO/c1-20-13-15-24(16-14-20)27-19-21(2)26-18-17-25(22-9-5-3-6-10-22)23-11-7-4-8-12-23/h3-16,21,25-26H,17-19H2,1-2H3. The van der Waals surface area contributed by atoms with Crippen molar-refractivity contribution in [2.24, 2.45) is 0 Å². The Bertz CT molecular complexity index is 744. The van der Waals surface area contributed by atoms with E-state index in [1.54, 1.807) is 0 Å². The number of hydrogen-bond donors (Lipinski definition) is 1. The van der Waals surface area contributed by atoms with Gasteiger partial charge < -0.3 is 10.1 Å². The lowest BCUT2D eigenvalue weighted by Crippen LogP contribution is -2.33. The molecule has 3 aromatic carbocycles. The normalized spacial score (nSPS) is 12.1. The van der Waals surface area contributed by atoms with E-state index in [-0.39, 0.29) is 0 Å². The Labute approximate surface area is 163 Å². The average Bonchev–Trinajstić information content (AvgIpc) is 2.72. The second-order valence-corrected chi connectivity index (χ2v) is 7.14. The third-order valence-corrected chi connectivity index (χ3v) is 4.85. The molecule has 0 aliphatic carbocycles. The lowest BCUT2D eigenvalue weighted by atomic mass is 9.88. The molecule has 0 amide bonds. The highest BCUT2D eigenvalue weighted by molar-refractivity contribution is 5.32. The first-order chi connectivity index (χ1) is 13.2. The summed E-state index contributed by atoms with van der Waals surface area (Å²) < 4.78 is 5.89. The Morgan fingerprint density at radius 3 is 1.89 bits per heavy atom. The van der Waals surface area contributed by atoms with E-state index >= 15 is 0 Å². The van der Waals surface area contributed by atoms with E-state index in [1.807, 2.05) is 12.1 Å². The Hall–Kier alpha value is -2.58. The van der Waals surface area contributed by atoms with Crippen molar-refractivity contribution in [1.82, 2.24) is 5.32 Å². The summed E-state index contributed by atoms with van der Waals surface area (Å²) in [5, 5.41) is 3.61. The molecule has 1 unspecified atom stereocenters. The first-order valence-electron chi connectivity index (χ1n) is 9.75. The molecular formula is C25H29NO. The molecule has 1 N–H and O–H groups in total. The van der Waals surface area contributed by atoms with E-state index in [0.717, 1.165) is 18.7 Å². The zero-order chi connectivity index (χ0) is 18.9. The molecule has 0 fully saturated rings. The molecule has 0 saturated carbocycles. The van der Waals surface area contributed by atoms with Gasteiger partial charge in [0.1, 0.15) is 12.4 Å². The highest BCUT2D eigenvalue weighted by Crippen LogP contribution is 2.27. The lowest BCUT2D eigenvalue weighted by molar-refractivity contribution is 0.272. The zero-order valence-electron chi connectivity index (χ0n) is 16.3. The van der Waals surface area contributed by atoms with Crippen LogP contribution in [0.2, 0.25) is 0 Å². The van der Waals surface area contributed by atoms with Crippen LogP contribution >= 0.6 is 0 Å². The maximum atomic E-state index is 5.89. The summed E-state index contributed by atoms with van der Waals surface area (Å²) in [4.78, 5) is 0. The van der Waals surface area contributed by atoms with Crippen LogP contribution in [0.3, 0.4) is 0 Å². The first-order valence-corrected chi connectivity index (χ1v) is 9.75. The molecule has 3 aromatic rings. The minimum Gasteiger partial charge on any atom is -0.492 e. The maximum Gasteiger partial charge on any atom is 0.119 e. The van der Waals surface area contributed by atoms with Gasteiger partial charge in [-0.05, 0) is 50.1 Å². The molecular weight excluding hydrogens is 330 g/mol. The van der Waals surface area contributed by atoms with E-state index in [4.69, 9.17) is 4.74 Å². The summed E-state index contributed by atoms with van der Waals surface area (Å²) >= 11 is 0. The summed E-state index contributed by atoms with van der Waals surface area (Å²) in [7, 11) is 0. The topological polar surface area (TPSA) is 21.3 Å². The van der Waals surface area contributed by atoms with Gasteiger partial charge >= 0.3 is 0 Å². The number of hydrogen-bond acceptors (Lipinski definition) is 2. The summed E-state index contributed by atoms with van der Waals surface area (Å²) in [6.07, 6.45) is 1.06. The molecule has 0 bridgehead atoms. The van der Waals surface area contributed by atoms with Crippen molar-refractivity contribution < 1.29 is 4.74 Å². The van der Waals surface area contributed by atoms with Gasteiger partial charge in [0.25, 0.3) is 0 Å². The molecule has 0 aliphatic rings. The van der Waals surface area contributed by atoms with Gasteiger partial charge in [0, 0.05) is 12.0 Å². The van der Waals surface area contributed by atoms with E-state index < -0.39 is 0 Å². The van der Waals surface area contributed by atoms with Gasteiger partial charge in [0.05, 0.1) is 0 Å². The minimum absolute atomic E-state index is 0.304. The van der Waals surface area contributed by atoms with Crippen LogP contribution in [-0.4, -0.2) is 19.2 Å². The predicted octanol–water partition coefficient (Wildman–Crippen LogP) is 5.57. The summed E-state index contributed by atoms with van der Waals surface area (Å²) in [6, 6.07) is 30.1. The summed E-state index contributed by atoms with van der Waals surface area (Å²) in [5.41, 5.74) is 3.99. The van der Waals surface area contributed by atoms with E-state index in [9.17, 15) is 0 Å². The van der Waals surface area contributed by atoms with Gasteiger partial charge in [-0.3, -0.25) is 0 Å². The van der Waals surface area contributed by atoms with Crippen molar-refractivity contribution in [2.75, 3.05) is 13.2 Å². The van der Waals surface area contributed by atoms with Crippen LogP contribution in [0.5, 0.6) is 5.75 Å². The molecule has 3 rings (SSSR count). The fourth-order valence-corrected chi connectivity index (χ4v) is 3.29. The largest absolute Gasteiger partial charge is 0.492 e. The van der Waals surface area contributed by atoms with E-state index in [0.29, 0.717) is 18.6 Å². The molecule has 0 spiro atoms. The lowest BCUT2D eigenvalue weighted by Gasteiger charge is -2.20. The van der Waals surface area contributed by atoms with Gasteiger partial charge in [-0.2, -0.15) is 0 Å². The Morgan fingerprint density at radius 2 is 1.33 bits per heavy atom. The van der Waals surface area contributed by atoms with Crippen LogP contribution in [0.15, 0.2) is 84.9 Å². The smallest absolute Gasteiger partial charge is 0.119 e. The second kappa shape index (κ2) is 9.94. The first kappa shape index (κ1) is 19.2. The quantitative estimate of drug-likeness (QED) is 0.539. The predicted molar refractivity (Wildman–Crippen MR) is 113 cm³/mol. The molecule has 0 aliphatic heterocycles. The Morgan fingerprint density at radius 1 is 0.778 bits per heavy atom. The Kier molecular flexibility index (Phi) is 7.06. The molecule has 140 valence electrons. The van der Waals surface area contributed by atoms with Crippen molar-refractivity contribution in [3.8, 4) is 5.75 Å². The number of nitrogens with one attached hydrogen (secondary N) is 1. The number of aryl methyl sites for hydroxylation is 1. The third kappa shape index (κ3) is 5.97. The molecule has 0 heterocycles. The van der Waals surface area contributed by atoms with Crippen LogP contribution in [0.25, 0.3) is 0 Å². The van der Waals surface area contributed by atoms with E-state index in [1.165, 1.54) is 16.7 Å². The van der Waals surface area contributed by atoms with Gasteiger partial charge in [-0.1, -0.05) is 78.4 Å². The number of benzene rings is 3. The highest BCUT2D eigenvalue weighted by Gasteiger charge is 2.14. The van der Waals surface area contributed by atoms with E-state index in [2.05, 4.69) is 92.0 Å². The van der Waals surface area contributed by atoms with Crippen LogP contribution in [-0.2, 0) is 0 Å². The van der Waals surface area contributed by atoms with Gasteiger partial charge in [-0.15, -0.1) is 0 Å². The minimum atomic E-state index is 0.304. The molecule has 2 heteroatoms. The highest BCUT2D eigenvalue weighted by atomic mass is 16.5. The Balaban J connectivity index is 1.52. The zero-order valence-corrected chi connectivity index (χ0v) is 16.3. The van der Waals surface area contributed by atoms with Crippen LogP contribution in [0.1, 0.15) is 36.0 Å². The third-order valence-electron chi connectivity index (χ3n) is 4.85. The van der Waals surface area contributed by atoms with Crippen LogP contribution in [0.4, 0.5) is 0 Å². The molecule has 0 saturated heterocycles. The average molecular weight is 360 g/mol. The second-order valence-electron chi connectivity index (χ2n) is 7.14. The monoisotopic (exact) mass is 359 g/mol. The van der Waals surface area contributed by atoms with Crippen molar-refractivity contribution in [2.45, 2.75) is 32.2 Å². The van der Waals surface area contributed by atoms with Crippen molar-refractivity contribution >= 4 is 0 Å². The van der Waals surface area contributed by atoms with Gasteiger partial charge in [0.15, 0.2) is 0 Å². The fraction of sp³-hybridized carbons (Fsp3) is 0.280. The molecule has 0 radical (unpaired) electrons. The van der Waals surface area contributed by atoms with Crippen molar-refractivity contribution in [3.05, 3.63) is 102 Å². The fourth-order valence-electron chi connectivity index (χ4n) is 3.29. The van der Waals surface area contributed by atoms with Gasteiger partial charge in [0.2, 0.25) is 0 Å². The number of ether oxygens (including phenoxy) is 1. The number of rotatable bonds is 9. The summed E-state index contributed by atoms with van der Waals surface area (Å²) in [6.45, 7) is 5.88. The molecule has 27 heavy (non-hydrogen) atoms. The van der Waals surface area contributed by atoms with Gasteiger partial charge in [-0.25, -0.2) is 0 Å². The maximum absolute atomic E-state index is 5.89. The molecule has 1 atom stereocenters. The SMILES string of the molecule is Cc1ccc(OCC(C)NCCC(c2ccccc2)c2ccccc2)cc1.